The monoisotopic (exact) mass is 187 g/mol. The van der Waals surface area contributed by atoms with Crippen LogP contribution in [0.4, 0.5) is 0 Å². The van der Waals surface area contributed by atoms with Crippen molar-refractivity contribution in [3.05, 3.63) is 17.7 Å². The zero-order chi connectivity index (χ0) is 9.30. The Morgan fingerprint density at radius 2 is 1.62 bits per heavy atom. The van der Waals surface area contributed by atoms with Gasteiger partial charge in [0.15, 0.2) is 0 Å². The molecule has 0 fully saturated rings. The highest BCUT2D eigenvalue weighted by atomic mass is 16.4. The number of quaternary nitrogens is 1. The van der Waals surface area contributed by atoms with Gasteiger partial charge in [-0.05, 0) is 17.9 Å². The second kappa shape index (κ2) is 3.63. The molecule has 13 heavy (non-hydrogen) atoms. The lowest BCUT2D eigenvalue weighted by Gasteiger charge is -2.10. The Morgan fingerprint density at radius 1 is 1.23 bits per heavy atom. The van der Waals surface area contributed by atoms with Gasteiger partial charge in [0.2, 0.25) is 0 Å². The molecule has 0 aromatic heterocycles. The Kier molecular flexibility index (Phi) is 3.09. The molecule has 6 nitrogen and oxygen atoms in total. The van der Waals surface area contributed by atoms with Gasteiger partial charge in [-0.15, -0.1) is 0 Å². The van der Waals surface area contributed by atoms with E-state index in [1.54, 1.807) is 0 Å². The minimum atomic E-state index is -1.32. The summed E-state index contributed by atoms with van der Waals surface area (Å²) < 4.78 is 0. The molecule has 0 atom stereocenters. The Hall–Kier alpha value is -1.95. The maximum atomic E-state index is 10.7. The first-order valence-electron chi connectivity index (χ1n) is 2.98. The van der Waals surface area contributed by atoms with Crippen LogP contribution in [-0.4, -0.2) is 21.3 Å². The van der Waals surface area contributed by atoms with Crippen LogP contribution in [0.1, 0.15) is 10.4 Å². The standard InChI is InChI=1S/C7H6O5.H3N/c8-4-1-3(7(11)12)2-5(9)6(4)10;/h1-2,8-10H,(H,11,12);1H3. The molecular formula is C7H9NO5. The minimum absolute atomic E-state index is 0. The van der Waals surface area contributed by atoms with Crippen molar-refractivity contribution in [3.8, 4) is 17.2 Å². The van der Waals surface area contributed by atoms with Crippen LogP contribution in [0.5, 0.6) is 17.2 Å². The molecule has 0 spiro atoms. The lowest BCUT2D eigenvalue weighted by Crippen LogP contribution is -1.98. The zero-order valence-electron chi connectivity index (χ0n) is 6.81. The Balaban J connectivity index is 0.00000144. The number of carboxylic acids is 1. The molecule has 0 unspecified atom stereocenters. The molecule has 0 heterocycles. The number of benzene rings is 1. The summed E-state index contributed by atoms with van der Waals surface area (Å²) >= 11 is 0. The lowest BCUT2D eigenvalue weighted by atomic mass is 10.2. The number of aromatic hydroxyl groups is 2. The van der Waals surface area contributed by atoms with Crippen LogP contribution >= 0.6 is 0 Å². The SMILES string of the molecule is O=C(O)c1cc(O)c([O-])c(O)c1.[NH4+]. The maximum Gasteiger partial charge on any atom is 0.335 e. The average molecular weight is 187 g/mol. The number of aromatic carboxylic acids is 1. The van der Waals surface area contributed by atoms with Gasteiger partial charge in [0.25, 0.3) is 0 Å². The van der Waals surface area contributed by atoms with Crippen molar-refractivity contribution < 1.29 is 25.2 Å². The number of phenols is 2. The Morgan fingerprint density at radius 3 is 1.92 bits per heavy atom. The van der Waals surface area contributed by atoms with Crippen LogP contribution < -0.4 is 11.3 Å². The molecular weight excluding hydrogens is 178 g/mol. The molecule has 1 aromatic carbocycles. The molecule has 0 aliphatic heterocycles. The fourth-order valence-corrected chi connectivity index (χ4v) is 0.722. The lowest BCUT2D eigenvalue weighted by molar-refractivity contribution is -0.272. The van der Waals surface area contributed by atoms with Crippen molar-refractivity contribution in [1.29, 1.82) is 0 Å². The Labute approximate surface area is 73.3 Å². The van der Waals surface area contributed by atoms with Gasteiger partial charge in [-0.3, -0.25) is 0 Å². The first-order chi connectivity index (χ1) is 5.52. The molecule has 0 aliphatic rings. The summed E-state index contributed by atoms with van der Waals surface area (Å²) in [6.45, 7) is 0. The zero-order valence-corrected chi connectivity index (χ0v) is 6.81. The molecule has 1 rings (SSSR count). The largest absolute Gasteiger partial charge is 0.867 e. The van der Waals surface area contributed by atoms with Crippen molar-refractivity contribution in [1.82, 2.24) is 6.15 Å². The topological polar surface area (TPSA) is 137 Å². The second-order valence-electron chi connectivity index (χ2n) is 2.15. The van der Waals surface area contributed by atoms with Gasteiger partial charge in [0.1, 0.15) is 11.5 Å². The molecule has 72 valence electrons. The van der Waals surface area contributed by atoms with Crippen LogP contribution in [0.2, 0.25) is 0 Å². The van der Waals surface area contributed by atoms with Crippen molar-refractivity contribution in [2.75, 3.05) is 0 Å². The van der Waals surface area contributed by atoms with Crippen molar-refractivity contribution in [2.24, 2.45) is 0 Å². The number of rotatable bonds is 1. The Bertz CT molecular complexity index is 313. The number of carbonyl (C=O) groups is 1. The molecule has 0 radical (unpaired) electrons. The summed E-state index contributed by atoms with van der Waals surface area (Å²) in [6, 6.07) is 1.56. The van der Waals surface area contributed by atoms with Gasteiger partial charge in [0.05, 0.1) is 5.56 Å². The van der Waals surface area contributed by atoms with Gasteiger partial charge in [-0.2, -0.15) is 0 Å². The van der Waals surface area contributed by atoms with Gasteiger partial charge >= 0.3 is 5.97 Å². The normalized spacial score (nSPS) is 8.92. The van der Waals surface area contributed by atoms with Crippen LogP contribution in [0.3, 0.4) is 0 Å². The quantitative estimate of drug-likeness (QED) is 0.499. The van der Waals surface area contributed by atoms with E-state index in [0.29, 0.717) is 0 Å². The van der Waals surface area contributed by atoms with E-state index in [1.165, 1.54) is 0 Å². The highest BCUT2D eigenvalue weighted by Crippen LogP contribution is 2.32. The maximum absolute atomic E-state index is 10.7. The van der Waals surface area contributed by atoms with Crippen LogP contribution in [0.15, 0.2) is 12.1 Å². The number of hydrogen-bond acceptors (Lipinski definition) is 4. The van der Waals surface area contributed by atoms with E-state index in [0.717, 1.165) is 12.1 Å². The fraction of sp³-hybridized carbons (Fsp3) is 0. The van der Waals surface area contributed by atoms with E-state index >= 15 is 0 Å². The predicted octanol–water partition coefficient (Wildman–Crippen LogP) is 0.246. The molecule has 0 saturated carbocycles. The van der Waals surface area contributed by atoms with Crippen molar-refractivity contribution in [2.45, 2.75) is 0 Å². The van der Waals surface area contributed by atoms with E-state index in [-0.39, 0.29) is 11.7 Å². The smallest absolute Gasteiger partial charge is 0.335 e. The summed E-state index contributed by atoms with van der Waals surface area (Å²) in [4.78, 5) is 10.3. The summed E-state index contributed by atoms with van der Waals surface area (Å²) in [6.07, 6.45) is 0. The molecule has 0 bridgehead atoms. The molecule has 0 amide bonds. The van der Waals surface area contributed by atoms with E-state index in [9.17, 15) is 9.90 Å². The summed E-state index contributed by atoms with van der Waals surface area (Å²) in [7, 11) is 0. The number of carboxylic acid groups (broad SMARTS) is 1. The number of hydrogen-bond donors (Lipinski definition) is 4. The molecule has 6 heteroatoms. The number of phenolic OH excluding ortho intramolecular Hbond substituents is 2. The van der Waals surface area contributed by atoms with Gasteiger partial charge in [-0.25, -0.2) is 4.79 Å². The highest BCUT2D eigenvalue weighted by molar-refractivity contribution is 5.89. The molecule has 1 aromatic rings. The predicted molar refractivity (Wildman–Crippen MR) is 42.2 cm³/mol. The summed E-state index contributed by atoms with van der Waals surface area (Å²) in [5.41, 5.74) is -0.329. The van der Waals surface area contributed by atoms with E-state index in [4.69, 9.17) is 15.3 Å². The highest BCUT2D eigenvalue weighted by Gasteiger charge is 2.07. The van der Waals surface area contributed by atoms with Crippen LogP contribution in [0.25, 0.3) is 0 Å². The molecule has 0 saturated heterocycles. The minimum Gasteiger partial charge on any atom is -0.867 e. The van der Waals surface area contributed by atoms with E-state index in [2.05, 4.69) is 0 Å². The van der Waals surface area contributed by atoms with Crippen molar-refractivity contribution >= 4 is 5.97 Å². The van der Waals surface area contributed by atoms with Gasteiger partial charge < -0.3 is 26.6 Å². The fourth-order valence-electron chi connectivity index (χ4n) is 0.722. The third kappa shape index (κ3) is 2.00. The first-order valence-corrected chi connectivity index (χ1v) is 2.98. The first kappa shape index (κ1) is 11.1. The van der Waals surface area contributed by atoms with Crippen molar-refractivity contribution in [3.63, 3.8) is 0 Å². The second-order valence-corrected chi connectivity index (χ2v) is 2.15. The van der Waals surface area contributed by atoms with Crippen LogP contribution in [-0.2, 0) is 0 Å². The molecule has 7 N–H and O–H groups in total. The third-order valence-corrected chi connectivity index (χ3v) is 1.30. The third-order valence-electron chi connectivity index (χ3n) is 1.30. The van der Waals surface area contributed by atoms with Gasteiger partial charge in [-0.1, -0.05) is 0 Å². The molecule has 0 aliphatic carbocycles. The van der Waals surface area contributed by atoms with Gasteiger partial charge in [0, 0.05) is 0 Å². The van der Waals surface area contributed by atoms with E-state index in [1.807, 2.05) is 0 Å². The summed E-state index contributed by atoms with van der Waals surface area (Å²) in [5, 5.41) is 36.6. The van der Waals surface area contributed by atoms with E-state index < -0.39 is 23.2 Å². The average Bonchev–Trinajstić information content (AvgIpc) is 1.99. The summed E-state index contributed by atoms with van der Waals surface area (Å²) in [5.74, 6) is -3.83. The van der Waals surface area contributed by atoms with Crippen LogP contribution in [0, 0.1) is 0 Å².